The highest BCUT2D eigenvalue weighted by Gasteiger charge is 2.37. The van der Waals surface area contributed by atoms with Crippen molar-refractivity contribution in [2.24, 2.45) is 5.92 Å². The second kappa shape index (κ2) is 10.4. The summed E-state index contributed by atoms with van der Waals surface area (Å²) in [5.74, 6) is -0.336. The van der Waals surface area contributed by atoms with E-state index >= 15 is 0 Å². The average molecular weight is 524 g/mol. The van der Waals surface area contributed by atoms with E-state index in [0.717, 1.165) is 59.4 Å². The Morgan fingerprint density at radius 1 is 1.11 bits per heavy atom. The van der Waals surface area contributed by atoms with Gasteiger partial charge in [0.15, 0.2) is 11.1 Å². The number of rotatable bonds is 5. The van der Waals surface area contributed by atoms with Gasteiger partial charge in [-0.05, 0) is 68.8 Å². The van der Waals surface area contributed by atoms with Gasteiger partial charge in [0.2, 0.25) is 0 Å². The van der Waals surface area contributed by atoms with Crippen molar-refractivity contribution in [2.45, 2.75) is 62.8 Å². The number of carbonyl (C=O) groups excluding carboxylic acids is 1. The predicted molar refractivity (Wildman–Crippen MR) is 143 cm³/mol. The van der Waals surface area contributed by atoms with Crippen molar-refractivity contribution in [3.8, 4) is 0 Å². The van der Waals surface area contributed by atoms with E-state index < -0.39 is 28.5 Å². The maximum atomic E-state index is 13.2. The molecular weight excluding hydrogens is 490 g/mol. The van der Waals surface area contributed by atoms with Crippen LogP contribution in [0.5, 0.6) is 0 Å². The lowest BCUT2D eigenvalue weighted by atomic mass is 9.85. The highest BCUT2D eigenvalue weighted by molar-refractivity contribution is 7.91. The van der Waals surface area contributed by atoms with Crippen LogP contribution >= 0.6 is 0 Å². The molecule has 37 heavy (non-hydrogen) atoms. The molecule has 2 heterocycles. The third-order valence-corrected chi connectivity index (χ3v) is 9.08. The number of imidazole rings is 1. The minimum absolute atomic E-state index is 0.00506. The van der Waals surface area contributed by atoms with Crippen LogP contribution in [0, 0.1) is 5.92 Å². The number of aryl methyl sites for hydroxylation is 1. The van der Waals surface area contributed by atoms with E-state index in [2.05, 4.69) is 4.57 Å². The zero-order valence-electron chi connectivity index (χ0n) is 21.4. The van der Waals surface area contributed by atoms with Gasteiger partial charge >= 0.3 is 12.1 Å². The first-order chi connectivity index (χ1) is 17.8. The number of anilines is 1. The SMILES string of the molecule is COC(=O)N1c2ccc3c(nc(C(c4ccccc4)[S+](C)[O-])n3C3CCC(C(=O)O)CC3)c2CC[C@@H]1C. The Balaban J connectivity index is 1.70. The summed E-state index contributed by atoms with van der Waals surface area (Å²) in [6.07, 6.45) is 5.51. The molecule has 3 atom stereocenters. The summed E-state index contributed by atoms with van der Waals surface area (Å²) in [6.45, 7) is 2.01. The van der Waals surface area contributed by atoms with Gasteiger partial charge in [0.25, 0.3) is 0 Å². The van der Waals surface area contributed by atoms with Crippen LogP contribution in [0.4, 0.5) is 10.5 Å². The number of carboxylic acids is 1. The van der Waals surface area contributed by atoms with E-state index in [-0.39, 0.29) is 18.0 Å². The molecule has 1 amide bonds. The van der Waals surface area contributed by atoms with Crippen molar-refractivity contribution in [3.05, 3.63) is 59.4 Å². The molecule has 0 bridgehead atoms. The van der Waals surface area contributed by atoms with Crippen LogP contribution in [-0.2, 0) is 27.1 Å². The molecule has 2 aliphatic rings. The second-order valence-corrected chi connectivity index (χ2v) is 11.6. The Hall–Kier alpha value is -3.04. The number of aromatic nitrogens is 2. The molecule has 0 saturated heterocycles. The Bertz CT molecular complexity index is 1300. The van der Waals surface area contributed by atoms with E-state index in [4.69, 9.17) is 9.72 Å². The first-order valence-corrected chi connectivity index (χ1v) is 14.4. The topological polar surface area (TPSA) is 108 Å². The summed E-state index contributed by atoms with van der Waals surface area (Å²) in [7, 11) is 1.39. The number of aliphatic carboxylic acids is 1. The predicted octanol–water partition coefficient (Wildman–Crippen LogP) is 5.23. The maximum absolute atomic E-state index is 13.2. The zero-order chi connectivity index (χ0) is 26.3. The van der Waals surface area contributed by atoms with Crippen LogP contribution in [0.1, 0.15) is 67.3 Å². The van der Waals surface area contributed by atoms with Gasteiger partial charge in [-0.3, -0.25) is 9.69 Å². The molecule has 1 fully saturated rings. The molecule has 3 aromatic rings. The van der Waals surface area contributed by atoms with E-state index in [1.165, 1.54) is 7.11 Å². The van der Waals surface area contributed by atoms with Crippen LogP contribution in [0.15, 0.2) is 42.5 Å². The molecule has 0 radical (unpaired) electrons. The van der Waals surface area contributed by atoms with Gasteiger partial charge in [-0.15, -0.1) is 0 Å². The molecule has 5 rings (SSSR count). The van der Waals surface area contributed by atoms with E-state index in [1.54, 1.807) is 11.2 Å². The lowest BCUT2D eigenvalue weighted by molar-refractivity contribution is -0.143. The molecule has 0 spiro atoms. The van der Waals surface area contributed by atoms with Gasteiger partial charge in [-0.1, -0.05) is 30.3 Å². The summed E-state index contributed by atoms with van der Waals surface area (Å²) >= 11 is -1.25. The lowest BCUT2D eigenvalue weighted by Gasteiger charge is -2.34. The minimum Gasteiger partial charge on any atom is -0.616 e. The molecule has 9 heteroatoms. The van der Waals surface area contributed by atoms with Crippen molar-refractivity contribution in [2.75, 3.05) is 18.3 Å². The number of carboxylic acid groups (broad SMARTS) is 1. The molecule has 1 aliphatic heterocycles. The van der Waals surface area contributed by atoms with Crippen molar-refractivity contribution < 1.29 is 24.0 Å². The van der Waals surface area contributed by atoms with Gasteiger partial charge < -0.3 is 19.0 Å². The Labute approximate surface area is 219 Å². The summed E-state index contributed by atoms with van der Waals surface area (Å²) in [4.78, 5) is 31.1. The molecule has 1 aromatic heterocycles. The molecule has 1 aliphatic carbocycles. The highest BCUT2D eigenvalue weighted by atomic mass is 32.2. The number of nitrogens with zero attached hydrogens (tertiary/aromatic N) is 3. The summed E-state index contributed by atoms with van der Waals surface area (Å²) in [5.41, 5.74) is 4.49. The Kier molecular flexibility index (Phi) is 7.18. The smallest absolute Gasteiger partial charge is 0.414 e. The van der Waals surface area contributed by atoms with Crippen LogP contribution in [0.2, 0.25) is 0 Å². The van der Waals surface area contributed by atoms with Crippen LogP contribution in [0.25, 0.3) is 11.0 Å². The number of amides is 1. The molecule has 8 nitrogen and oxygen atoms in total. The Morgan fingerprint density at radius 3 is 2.43 bits per heavy atom. The molecule has 1 N–H and O–H groups in total. The van der Waals surface area contributed by atoms with Crippen LogP contribution in [-0.4, -0.2) is 50.7 Å². The summed E-state index contributed by atoms with van der Waals surface area (Å²) in [6, 6.07) is 13.8. The number of methoxy groups -OCH3 is 1. The molecule has 196 valence electrons. The quantitative estimate of drug-likeness (QED) is 0.459. The van der Waals surface area contributed by atoms with Gasteiger partial charge in [-0.25, -0.2) is 9.78 Å². The number of fused-ring (bicyclic) bond motifs is 3. The molecular formula is C28H33N3O5S. The Morgan fingerprint density at radius 2 is 1.81 bits per heavy atom. The van der Waals surface area contributed by atoms with Crippen molar-refractivity contribution in [1.29, 1.82) is 0 Å². The third-order valence-electron chi connectivity index (χ3n) is 7.93. The average Bonchev–Trinajstić information content (AvgIpc) is 3.27. The standard InChI is InChI=1S/C28H33N3O5S/c1-17-9-14-21-22(30(17)28(34)36-2)15-16-23-24(21)29-26(25(37(3)35)18-7-5-4-6-8-18)31(23)20-12-10-19(11-13-20)27(32)33/h4-8,15-17,19-20,25H,9-14H2,1-3H3,(H,32,33)/t17-,19?,20?,25?,37?/m0/s1. The van der Waals surface area contributed by atoms with Crippen LogP contribution in [0.3, 0.4) is 0 Å². The fraction of sp³-hybridized carbons (Fsp3) is 0.464. The van der Waals surface area contributed by atoms with E-state index in [1.807, 2.05) is 49.4 Å². The van der Waals surface area contributed by atoms with Crippen molar-refractivity contribution in [3.63, 3.8) is 0 Å². The lowest BCUT2D eigenvalue weighted by Crippen LogP contribution is -2.42. The van der Waals surface area contributed by atoms with E-state index in [9.17, 15) is 19.2 Å². The number of ether oxygens (including phenoxy) is 1. The monoisotopic (exact) mass is 523 g/mol. The van der Waals surface area contributed by atoms with Crippen molar-refractivity contribution in [1.82, 2.24) is 9.55 Å². The maximum Gasteiger partial charge on any atom is 0.414 e. The number of benzene rings is 2. The fourth-order valence-electron chi connectivity index (χ4n) is 6.06. The third kappa shape index (κ3) is 4.59. The highest BCUT2D eigenvalue weighted by Crippen LogP contribution is 2.43. The first-order valence-electron chi connectivity index (χ1n) is 12.8. The number of carbonyl (C=O) groups is 2. The van der Waals surface area contributed by atoms with E-state index in [0.29, 0.717) is 12.8 Å². The summed E-state index contributed by atoms with van der Waals surface area (Å²) in [5, 5.41) is 9.10. The van der Waals surface area contributed by atoms with Gasteiger partial charge in [0.1, 0.15) is 0 Å². The second-order valence-electron chi connectivity index (χ2n) is 10.1. The molecule has 1 saturated carbocycles. The van der Waals surface area contributed by atoms with Gasteiger partial charge in [0, 0.05) is 23.2 Å². The first kappa shape index (κ1) is 25.6. The molecule has 2 unspecified atom stereocenters. The minimum atomic E-state index is -1.25. The number of hydrogen-bond acceptors (Lipinski definition) is 5. The van der Waals surface area contributed by atoms with Crippen molar-refractivity contribution >= 4 is 40.0 Å². The van der Waals surface area contributed by atoms with Gasteiger partial charge in [-0.2, -0.15) is 0 Å². The summed E-state index contributed by atoms with van der Waals surface area (Å²) < 4.78 is 20.5. The molecule has 2 aromatic carbocycles. The zero-order valence-corrected chi connectivity index (χ0v) is 22.2. The number of hydrogen-bond donors (Lipinski definition) is 1. The van der Waals surface area contributed by atoms with Crippen LogP contribution < -0.4 is 4.90 Å². The largest absolute Gasteiger partial charge is 0.616 e. The van der Waals surface area contributed by atoms with Gasteiger partial charge in [0.05, 0.1) is 36.0 Å². The fourth-order valence-corrected chi connectivity index (χ4v) is 7.06. The normalized spacial score (nSPS) is 23.4.